The Morgan fingerprint density at radius 1 is 1.16 bits per heavy atom. The molecule has 3 aromatic carbocycles. The minimum atomic E-state index is -0.492. The molecule has 2 heterocycles. The van der Waals surface area contributed by atoms with Crippen LogP contribution in [-0.4, -0.2) is 56.1 Å². The van der Waals surface area contributed by atoms with Gasteiger partial charge in [-0.1, -0.05) is 30.3 Å². The molecule has 1 aromatic heterocycles. The SMILES string of the molecule is CCOC.CNc1cccc(-c2ncc3ccccc3n2)c1.O=Cc1ccc(N2COCCS2)cc1F. The lowest BCUT2D eigenvalue weighted by atomic mass is 10.1. The molecular formula is C28H31FN4O3S. The van der Waals surface area contributed by atoms with Crippen LogP contribution in [0.3, 0.4) is 0 Å². The van der Waals surface area contributed by atoms with Gasteiger partial charge in [-0.25, -0.2) is 14.4 Å². The van der Waals surface area contributed by atoms with Gasteiger partial charge in [0.2, 0.25) is 0 Å². The van der Waals surface area contributed by atoms with E-state index in [0.29, 0.717) is 13.0 Å². The smallest absolute Gasteiger partial charge is 0.159 e. The van der Waals surface area contributed by atoms with E-state index in [9.17, 15) is 9.18 Å². The van der Waals surface area contributed by atoms with E-state index in [1.54, 1.807) is 25.1 Å². The Balaban J connectivity index is 0.000000182. The summed E-state index contributed by atoms with van der Waals surface area (Å²) in [5.74, 6) is 1.12. The number of hydrogen-bond acceptors (Lipinski definition) is 8. The third-order valence-electron chi connectivity index (χ3n) is 5.27. The first-order chi connectivity index (χ1) is 18.1. The normalized spacial score (nSPS) is 12.6. The van der Waals surface area contributed by atoms with Gasteiger partial charge in [-0.3, -0.25) is 9.10 Å². The van der Waals surface area contributed by atoms with E-state index in [2.05, 4.69) is 20.0 Å². The summed E-state index contributed by atoms with van der Waals surface area (Å²) in [7, 11) is 3.58. The molecule has 37 heavy (non-hydrogen) atoms. The lowest BCUT2D eigenvalue weighted by Crippen LogP contribution is -2.25. The monoisotopic (exact) mass is 522 g/mol. The number of aldehydes is 1. The van der Waals surface area contributed by atoms with Crippen molar-refractivity contribution >= 4 is 40.5 Å². The zero-order valence-corrected chi connectivity index (χ0v) is 22.0. The van der Waals surface area contributed by atoms with Gasteiger partial charge in [0, 0.05) is 49.4 Å². The molecule has 4 aromatic rings. The van der Waals surface area contributed by atoms with E-state index in [0.717, 1.165) is 52.6 Å². The second-order valence-electron chi connectivity index (χ2n) is 7.73. The maximum absolute atomic E-state index is 13.3. The fourth-order valence-electron chi connectivity index (χ4n) is 3.23. The molecule has 1 fully saturated rings. The molecule has 0 radical (unpaired) electrons. The molecule has 0 unspecified atom stereocenters. The number of nitrogens with one attached hydrogen (secondary N) is 1. The van der Waals surface area contributed by atoms with Gasteiger partial charge >= 0.3 is 0 Å². The van der Waals surface area contributed by atoms with E-state index in [4.69, 9.17) is 4.74 Å². The van der Waals surface area contributed by atoms with Gasteiger partial charge in [0.1, 0.15) is 12.5 Å². The Labute approximate surface area is 221 Å². The number of aromatic nitrogens is 2. The first-order valence-electron chi connectivity index (χ1n) is 11.8. The van der Waals surface area contributed by atoms with Crippen molar-refractivity contribution in [1.29, 1.82) is 0 Å². The number of methoxy groups -OCH3 is 1. The molecule has 9 heteroatoms. The number of fused-ring (bicyclic) bond motifs is 1. The molecule has 1 saturated heterocycles. The number of nitrogens with zero attached hydrogens (tertiary/aromatic N) is 3. The highest BCUT2D eigenvalue weighted by molar-refractivity contribution is 8.00. The van der Waals surface area contributed by atoms with Gasteiger partial charge in [0.15, 0.2) is 12.1 Å². The van der Waals surface area contributed by atoms with E-state index in [1.807, 2.05) is 73.0 Å². The summed E-state index contributed by atoms with van der Waals surface area (Å²) < 4.78 is 24.9. The van der Waals surface area contributed by atoms with Crippen molar-refractivity contribution in [3.05, 3.63) is 84.3 Å². The molecule has 1 aliphatic heterocycles. The van der Waals surface area contributed by atoms with Crippen LogP contribution in [0.4, 0.5) is 15.8 Å². The quantitative estimate of drug-likeness (QED) is 0.250. The minimum Gasteiger partial charge on any atom is -0.388 e. The number of carbonyl (C=O) groups excluding carboxylic acids is 1. The van der Waals surface area contributed by atoms with Crippen molar-refractivity contribution < 1.29 is 18.7 Å². The molecule has 0 bridgehead atoms. The molecule has 0 amide bonds. The van der Waals surface area contributed by atoms with Gasteiger partial charge in [0.05, 0.1) is 23.4 Å². The van der Waals surface area contributed by atoms with E-state index < -0.39 is 5.82 Å². The Morgan fingerprint density at radius 2 is 1.97 bits per heavy atom. The second-order valence-corrected chi connectivity index (χ2v) is 8.84. The summed E-state index contributed by atoms with van der Waals surface area (Å²) in [6, 6.07) is 20.6. The van der Waals surface area contributed by atoms with Gasteiger partial charge < -0.3 is 14.8 Å². The Bertz CT molecular complexity index is 1280. The molecule has 0 aliphatic carbocycles. The van der Waals surface area contributed by atoms with Crippen LogP contribution < -0.4 is 9.62 Å². The topological polar surface area (TPSA) is 76.6 Å². The van der Waals surface area contributed by atoms with Crippen molar-refractivity contribution in [3.8, 4) is 11.4 Å². The molecule has 194 valence electrons. The summed E-state index contributed by atoms with van der Waals surface area (Å²) in [5.41, 5.74) is 3.86. The summed E-state index contributed by atoms with van der Waals surface area (Å²) in [6.07, 6.45) is 2.38. The number of benzene rings is 3. The van der Waals surface area contributed by atoms with Crippen LogP contribution in [0.15, 0.2) is 72.9 Å². The summed E-state index contributed by atoms with van der Waals surface area (Å²) in [4.78, 5) is 19.4. The van der Waals surface area contributed by atoms with Crippen LogP contribution in [0.25, 0.3) is 22.3 Å². The van der Waals surface area contributed by atoms with Gasteiger partial charge in [-0.15, -0.1) is 0 Å². The highest BCUT2D eigenvalue weighted by atomic mass is 32.2. The fourth-order valence-corrected chi connectivity index (χ4v) is 4.06. The summed E-state index contributed by atoms with van der Waals surface area (Å²) in [6.45, 7) is 3.95. The van der Waals surface area contributed by atoms with Crippen LogP contribution in [0.5, 0.6) is 0 Å². The van der Waals surface area contributed by atoms with Gasteiger partial charge in [0.25, 0.3) is 0 Å². The molecule has 1 aliphatic rings. The number of rotatable bonds is 5. The third kappa shape index (κ3) is 8.24. The van der Waals surface area contributed by atoms with Crippen LogP contribution in [-0.2, 0) is 9.47 Å². The van der Waals surface area contributed by atoms with Crippen LogP contribution in [0.2, 0.25) is 0 Å². The number of halogens is 1. The number of carbonyl (C=O) groups is 1. The lowest BCUT2D eigenvalue weighted by Gasteiger charge is -2.27. The number of hydrogen-bond donors (Lipinski definition) is 1. The average molecular weight is 523 g/mol. The lowest BCUT2D eigenvalue weighted by molar-refractivity contribution is 0.112. The maximum Gasteiger partial charge on any atom is 0.159 e. The van der Waals surface area contributed by atoms with E-state index >= 15 is 0 Å². The van der Waals surface area contributed by atoms with Crippen molar-refractivity contribution in [3.63, 3.8) is 0 Å². The summed E-state index contributed by atoms with van der Waals surface area (Å²) >= 11 is 1.59. The van der Waals surface area contributed by atoms with E-state index in [-0.39, 0.29) is 5.56 Å². The zero-order chi connectivity index (χ0) is 26.5. The standard InChI is InChI=1S/C15H13N3.C10H10FNO2S.C3H8O/c1-16-13-7-4-6-11(9-13)15-17-10-12-5-2-3-8-14(12)18-15;11-10-5-9(2-1-8(10)6-13)12-7-14-3-4-15-12;1-3-4-2/h2-10,16H,1H3;1-2,5-6H,3-4,7H2;3H2,1-2H3. The fraction of sp³-hybridized carbons (Fsp3) is 0.250. The predicted molar refractivity (Wildman–Crippen MR) is 150 cm³/mol. The van der Waals surface area contributed by atoms with Crippen molar-refractivity contribution in [1.82, 2.24) is 9.97 Å². The van der Waals surface area contributed by atoms with Crippen molar-refractivity contribution in [2.45, 2.75) is 6.92 Å². The summed E-state index contributed by atoms with van der Waals surface area (Å²) in [5, 5.41) is 4.18. The van der Waals surface area contributed by atoms with Gasteiger partial charge in [-0.2, -0.15) is 0 Å². The Hall–Kier alpha value is -3.53. The van der Waals surface area contributed by atoms with Crippen molar-refractivity contribution in [2.75, 3.05) is 49.5 Å². The molecule has 0 saturated carbocycles. The molecule has 1 N–H and O–H groups in total. The molecule has 7 nitrogen and oxygen atoms in total. The van der Waals surface area contributed by atoms with E-state index in [1.165, 1.54) is 12.1 Å². The number of ether oxygens (including phenoxy) is 2. The number of para-hydroxylation sites is 1. The Morgan fingerprint density at radius 3 is 2.65 bits per heavy atom. The third-order valence-corrected chi connectivity index (χ3v) is 6.25. The average Bonchev–Trinajstić information content (AvgIpc) is 2.97. The molecule has 0 spiro atoms. The highest BCUT2D eigenvalue weighted by Gasteiger charge is 2.13. The molecule has 0 atom stereocenters. The minimum absolute atomic E-state index is 0.0849. The molecular weight excluding hydrogens is 491 g/mol. The second kappa shape index (κ2) is 14.9. The maximum atomic E-state index is 13.3. The number of anilines is 2. The highest BCUT2D eigenvalue weighted by Crippen LogP contribution is 2.26. The first-order valence-corrected chi connectivity index (χ1v) is 12.8. The molecule has 5 rings (SSSR count). The van der Waals surface area contributed by atoms with Crippen LogP contribution >= 0.6 is 11.9 Å². The van der Waals surface area contributed by atoms with Crippen LogP contribution in [0, 0.1) is 5.82 Å². The van der Waals surface area contributed by atoms with Gasteiger partial charge in [-0.05, 0) is 55.3 Å². The largest absolute Gasteiger partial charge is 0.388 e. The Kier molecular flexibility index (Phi) is 11.3. The predicted octanol–water partition coefficient (Wildman–Crippen LogP) is 6.07. The first kappa shape index (κ1) is 28.0. The van der Waals surface area contributed by atoms with Crippen LogP contribution in [0.1, 0.15) is 17.3 Å². The van der Waals surface area contributed by atoms with Crippen molar-refractivity contribution in [2.24, 2.45) is 0 Å². The zero-order valence-electron chi connectivity index (χ0n) is 21.2.